The predicted octanol–water partition coefficient (Wildman–Crippen LogP) is 2.27. The number of carbonyl (C=O) groups is 1. The van der Waals surface area contributed by atoms with Crippen LogP contribution in [0.2, 0.25) is 0 Å². The van der Waals surface area contributed by atoms with Crippen LogP contribution < -0.4 is 16.4 Å². The van der Waals surface area contributed by atoms with E-state index < -0.39 is 30.8 Å². The summed E-state index contributed by atoms with van der Waals surface area (Å²) in [5.74, 6) is -0.896. The molecule has 0 aliphatic rings. The summed E-state index contributed by atoms with van der Waals surface area (Å²) >= 11 is 0. The zero-order valence-electron chi connectivity index (χ0n) is 16.4. The molecule has 0 saturated heterocycles. The first-order valence-electron chi connectivity index (χ1n) is 9.42. The SMILES string of the molecule is Nc1c(C(=O)NCC(O)(CNCc2ccccc2)C(F)(F)F)cnn1-c1ccccc1. The maximum absolute atomic E-state index is 13.5. The number of nitrogens with one attached hydrogen (secondary N) is 2. The van der Waals surface area contributed by atoms with Crippen LogP contribution in [0.1, 0.15) is 15.9 Å². The number of carbonyl (C=O) groups excluding carboxylic acids is 1. The third-order valence-electron chi connectivity index (χ3n) is 4.71. The zero-order chi connectivity index (χ0) is 22.5. The number of amides is 1. The standard InChI is InChI=1S/C21H22F3N5O2/c22-21(23,24)20(31,13-26-11-15-7-3-1-4-8-15)14-27-19(30)17-12-28-29(18(17)25)16-9-5-2-6-10-16/h1-10,12,26,31H,11,13-14,25H2,(H,27,30). The molecule has 0 saturated carbocycles. The van der Waals surface area contributed by atoms with Gasteiger partial charge in [-0.2, -0.15) is 18.3 Å². The van der Waals surface area contributed by atoms with Crippen LogP contribution in [-0.2, 0) is 6.54 Å². The molecular formula is C21H22F3N5O2. The van der Waals surface area contributed by atoms with Crippen molar-refractivity contribution in [1.82, 2.24) is 20.4 Å². The Morgan fingerprint density at radius 1 is 1.03 bits per heavy atom. The molecule has 1 aromatic heterocycles. The van der Waals surface area contributed by atoms with Crippen molar-refractivity contribution in [2.24, 2.45) is 0 Å². The lowest BCUT2D eigenvalue weighted by Crippen LogP contribution is -2.59. The van der Waals surface area contributed by atoms with Crippen molar-refractivity contribution in [2.45, 2.75) is 18.3 Å². The molecule has 0 spiro atoms. The minimum Gasteiger partial charge on any atom is -0.383 e. The second kappa shape index (κ2) is 9.19. The van der Waals surface area contributed by atoms with E-state index in [0.717, 1.165) is 11.8 Å². The molecular weight excluding hydrogens is 411 g/mol. The number of nitrogens with two attached hydrogens (primary N) is 1. The first-order valence-corrected chi connectivity index (χ1v) is 9.42. The molecule has 0 aliphatic heterocycles. The van der Waals surface area contributed by atoms with E-state index in [1.54, 1.807) is 60.7 Å². The van der Waals surface area contributed by atoms with Gasteiger partial charge < -0.3 is 21.5 Å². The number of para-hydroxylation sites is 1. The maximum atomic E-state index is 13.5. The highest BCUT2D eigenvalue weighted by molar-refractivity contribution is 5.98. The summed E-state index contributed by atoms with van der Waals surface area (Å²) in [6.45, 7) is -1.72. The van der Waals surface area contributed by atoms with E-state index in [9.17, 15) is 23.1 Å². The molecule has 2 aromatic carbocycles. The summed E-state index contributed by atoms with van der Waals surface area (Å²) in [5, 5.41) is 18.9. The van der Waals surface area contributed by atoms with Gasteiger partial charge in [-0.15, -0.1) is 0 Å². The summed E-state index contributed by atoms with van der Waals surface area (Å²) < 4.78 is 41.8. The monoisotopic (exact) mass is 433 g/mol. The van der Waals surface area contributed by atoms with Crippen LogP contribution in [0.4, 0.5) is 19.0 Å². The average molecular weight is 433 g/mol. The Morgan fingerprint density at radius 2 is 1.65 bits per heavy atom. The summed E-state index contributed by atoms with van der Waals surface area (Å²) in [6, 6.07) is 17.5. The molecule has 1 heterocycles. The fraction of sp³-hybridized carbons (Fsp3) is 0.238. The molecule has 0 fully saturated rings. The number of aromatic nitrogens is 2. The quantitative estimate of drug-likeness (QED) is 0.436. The number of nitrogen functional groups attached to an aromatic ring is 1. The number of benzene rings is 2. The highest BCUT2D eigenvalue weighted by atomic mass is 19.4. The van der Waals surface area contributed by atoms with Gasteiger partial charge in [0.25, 0.3) is 5.91 Å². The number of halogens is 3. The Labute approximate surface area is 176 Å². The third-order valence-corrected chi connectivity index (χ3v) is 4.71. The largest absolute Gasteiger partial charge is 0.420 e. The molecule has 1 amide bonds. The zero-order valence-corrected chi connectivity index (χ0v) is 16.4. The lowest BCUT2D eigenvalue weighted by molar-refractivity contribution is -0.255. The molecule has 0 aliphatic carbocycles. The van der Waals surface area contributed by atoms with Crippen molar-refractivity contribution in [2.75, 3.05) is 18.8 Å². The van der Waals surface area contributed by atoms with E-state index in [4.69, 9.17) is 5.73 Å². The molecule has 164 valence electrons. The number of hydrogen-bond acceptors (Lipinski definition) is 5. The summed E-state index contributed by atoms with van der Waals surface area (Å²) in [4.78, 5) is 12.4. The van der Waals surface area contributed by atoms with Gasteiger partial charge in [0.1, 0.15) is 11.4 Å². The van der Waals surface area contributed by atoms with Crippen LogP contribution in [-0.4, -0.2) is 45.7 Å². The molecule has 3 aromatic rings. The number of rotatable bonds is 8. The summed E-state index contributed by atoms with van der Waals surface area (Å²) in [7, 11) is 0. The molecule has 1 unspecified atom stereocenters. The number of anilines is 1. The van der Waals surface area contributed by atoms with Crippen molar-refractivity contribution >= 4 is 11.7 Å². The van der Waals surface area contributed by atoms with Crippen molar-refractivity contribution in [3.8, 4) is 5.69 Å². The number of hydrogen-bond donors (Lipinski definition) is 4. The van der Waals surface area contributed by atoms with E-state index >= 15 is 0 Å². The van der Waals surface area contributed by atoms with Gasteiger partial charge >= 0.3 is 6.18 Å². The van der Waals surface area contributed by atoms with Crippen molar-refractivity contribution in [1.29, 1.82) is 0 Å². The van der Waals surface area contributed by atoms with Crippen molar-refractivity contribution < 1.29 is 23.1 Å². The van der Waals surface area contributed by atoms with Crippen LogP contribution in [0.15, 0.2) is 66.9 Å². The Morgan fingerprint density at radius 3 is 2.26 bits per heavy atom. The third kappa shape index (κ3) is 5.22. The fourth-order valence-electron chi connectivity index (χ4n) is 2.90. The van der Waals surface area contributed by atoms with Gasteiger partial charge in [-0.1, -0.05) is 48.5 Å². The topological polar surface area (TPSA) is 105 Å². The summed E-state index contributed by atoms with van der Waals surface area (Å²) in [5.41, 5.74) is 4.05. The lowest BCUT2D eigenvalue weighted by Gasteiger charge is -2.31. The van der Waals surface area contributed by atoms with E-state index in [-0.39, 0.29) is 17.9 Å². The van der Waals surface area contributed by atoms with E-state index in [2.05, 4.69) is 15.7 Å². The predicted molar refractivity (Wildman–Crippen MR) is 109 cm³/mol. The second-order valence-corrected chi connectivity index (χ2v) is 6.99. The molecule has 7 nitrogen and oxygen atoms in total. The minimum atomic E-state index is -4.97. The number of nitrogens with zero attached hydrogens (tertiary/aromatic N) is 2. The Kier molecular flexibility index (Phi) is 6.62. The van der Waals surface area contributed by atoms with Gasteiger partial charge in [-0.25, -0.2) is 4.68 Å². The Bertz CT molecular complexity index is 1010. The van der Waals surface area contributed by atoms with Crippen molar-refractivity contribution in [3.05, 3.63) is 78.0 Å². The minimum absolute atomic E-state index is 0.0264. The van der Waals surface area contributed by atoms with Gasteiger partial charge in [0.2, 0.25) is 0 Å². The number of alkyl halides is 3. The Balaban J connectivity index is 1.66. The van der Waals surface area contributed by atoms with Gasteiger partial charge in [-0.3, -0.25) is 4.79 Å². The van der Waals surface area contributed by atoms with Gasteiger partial charge in [0, 0.05) is 13.1 Å². The van der Waals surface area contributed by atoms with Gasteiger partial charge in [-0.05, 0) is 17.7 Å². The van der Waals surface area contributed by atoms with Crippen molar-refractivity contribution in [3.63, 3.8) is 0 Å². The van der Waals surface area contributed by atoms with Crippen LogP contribution in [0.25, 0.3) is 5.69 Å². The molecule has 3 rings (SSSR count). The molecule has 5 N–H and O–H groups in total. The number of aliphatic hydroxyl groups is 1. The normalized spacial score (nSPS) is 13.5. The van der Waals surface area contributed by atoms with E-state index in [1.807, 2.05) is 0 Å². The first kappa shape index (κ1) is 22.3. The average Bonchev–Trinajstić information content (AvgIpc) is 3.14. The Hall–Kier alpha value is -3.37. The van der Waals surface area contributed by atoms with Gasteiger partial charge in [0.15, 0.2) is 5.60 Å². The molecule has 1 atom stereocenters. The summed E-state index contributed by atoms with van der Waals surface area (Å²) in [6.07, 6.45) is -3.80. The maximum Gasteiger partial charge on any atom is 0.420 e. The fourth-order valence-corrected chi connectivity index (χ4v) is 2.90. The lowest BCUT2D eigenvalue weighted by atomic mass is 10.0. The molecule has 0 radical (unpaired) electrons. The van der Waals surface area contributed by atoms with E-state index in [0.29, 0.717) is 5.69 Å². The smallest absolute Gasteiger partial charge is 0.383 e. The van der Waals surface area contributed by atoms with E-state index in [1.165, 1.54) is 4.68 Å². The molecule has 0 bridgehead atoms. The first-order chi connectivity index (χ1) is 14.7. The van der Waals surface area contributed by atoms with Crippen LogP contribution >= 0.6 is 0 Å². The second-order valence-electron chi connectivity index (χ2n) is 6.99. The van der Waals surface area contributed by atoms with Crippen LogP contribution in [0.5, 0.6) is 0 Å². The van der Waals surface area contributed by atoms with Crippen LogP contribution in [0, 0.1) is 0 Å². The van der Waals surface area contributed by atoms with Crippen LogP contribution in [0.3, 0.4) is 0 Å². The highest BCUT2D eigenvalue weighted by Crippen LogP contribution is 2.30. The highest BCUT2D eigenvalue weighted by Gasteiger charge is 2.53. The molecule has 31 heavy (non-hydrogen) atoms. The van der Waals surface area contributed by atoms with Gasteiger partial charge in [0.05, 0.1) is 18.4 Å². The molecule has 10 heteroatoms.